The van der Waals surface area contributed by atoms with Crippen LogP contribution in [0.1, 0.15) is 50.2 Å². The smallest absolute Gasteiger partial charge is 0.0917 e. The van der Waals surface area contributed by atoms with Gasteiger partial charge < -0.3 is 5.11 Å². The minimum absolute atomic E-state index is 0.332. The average Bonchev–Trinajstić information content (AvgIpc) is 2.48. The molecule has 0 spiro atoms. The number of fused-ring (bicyclic) bond motifs is 1. The molecule has 2 heteroatoms. The van der Waals surface area contributed by atoms with Crippen molar-refractivity contribution in [3.8, 4) is 0 Å². The Morgan fingerprint density at radius 2 is 1.79 bits per heavy atom. The molecule has 1 saturated carbocycles. The van der Waals surface area contributed by atoms with Gasteiger partial charge >= 0.3 is 0 Å². The van der Waals surface area contributed by atoms with E-state index in [1.807, 2.05) is 30.3 Å². The summed E-state index contributed by atoms with van der Waals surface area (Å²) in [6.45, 7) is 1.98. The Kier molecular flexibility index (Phi) is 4.19. The largest absolute Gasteiger partial charge is 0.387 e. The van der Waals surface area contributed by atoms with Crippen molar-refractivity contribution >= 4 is 0 Å². The number of benzene rings is 1. The van der Waals surface area contributed by atoms with Crippen LogP contribution in [0.3, 0.4) is 0 Å². The zero-order chi connectivity index (χ0) is 13.1. The van der Waals surface area contributed by atoms with Crippen LogP contribution in [-0.2, 0) is 0 Å². The van der Waals surface area contributed by atoms with Crippen molar-refractivity contribution in [1.82, 2.24) is 4.90 Å². The van der Waals surface area contributed by atoms with Crippen LogP contribution in [0.5, 0.6) is 0 Å². The molecule has 19 heavy (non-hydrogen) atoms. The van der Waals surface area contributed by atoms with Gasteiger partial charge in [-0.05, 0) is 43.7 Å². The van der Waals surface area contributed by atoms with Crippen LogP contribution in [0, 0.1) is 5.92 Å². The first kappa shape index (κ1) is 13.1. The molecule has 3 rings (SSSR count). The van der Waals surface area contributed by atoms with E-state index < -0.39 is 0 Å². The second-order valence-electron chi connectivity index (χ2n) is 6.18. The number of rotatable bonds is 3. The van der Waals surface area contributed by atoms with E-state index in [1.54, 1.807) is 0 Å². The van der Waals surface area contributed by atoms with Gasteiger partial charge in [0, 0.05) is 12.6 Å². The highest BCUT2D eigenvalue weighted by Crippen LogP contribution is 2.35. The Morgan fingerprint density at radius 1 is 1.05 bits per heavy atom. The zero-order valence-electron chi connectivity index (χ0n) is 11.7. The van der Waals surface area contributed by atoms with Crippen molar-refractivity contribution < 1.29 is 5.11 Å². The SMILES string of the molecule is O[C@H](CN1CCC[C@@H]2CCCC[C@@H]21)c1ccccc1. The van der Waals surface area contributed by atoms with E-state index in [4.69, 9.17) is 0 Å². The van der Waals surface area contributed by atoms with E-state index >= 15 is 0 Å². The summed E-state index contributed by atoms with van der Waals surface area (Å²) in [6, 6.07) is 10.8. The number of piperidine rings is 1. The van der Waals surface area contributed by atoms with Gasteiger partial charge in [0.2, 0.25) is 0 Å². The van der Waals surface area contributed by atoms with Crippen molar-refractivity contribution in [3.05, 3.63) is 35.9 Å². The number of β-amino-alcohol motifs (C(OH)–C–C–N with tert-alkyl or cyclic N) is 1. The Balaban J connectivity index is 1.65. The maximum atomic E-state index is 10.4. The molecule has 2 nitrogen and oxygen atoms in total. The quantitative estimate of drug-likeness (QED) is 0.899. The van der Waals surface area contributed by atoms with Crippen LogP contribution in [0.4, 0.5) is 0 Å². The number of hydrogen-bond acceptors (Lipinski definition) is 2. The molecule has 0 bridgehead atoms. The molecule has 1 aromatic carbocycles. The minimum atomic E-state index is -0.332. The third kappa shape index (κ3) is 3.01. The molecule has 0 aromatic heterocycles. The van der Waals surface area contributed by atoms with Crippen LogP contribution >= 0.6 is 0 Å². The lowest BCUT2D eigenvalue weighted by Gasteiger charge is -2.44. The average molecular weight is 259 g/mol. The molecule has 1 aliphatic carbocycles. The van der Waals surface area contributed by atoms with Crippen molar-refractivity contribution in [2.75, 3.05) is 13.1 Å². The molecule has 1 aromatic rings. The highest BCUT2D eigenvalue weighted by atomic mass is 16.3. The summed E-state index contributed by atoms with van der Waals surface area (Å²) in [7, 11) is 0. The minimum Gasteiger partial charge on any atom is -0.387 e. The van der Waals surface area contributed by atoms with Gasteiger partial charge in [0.05, 0.1) is 6.10 Å². The number of hydrogen-bond donors (Lipinski definition) is 1. The number of aliphatic hydroxyl groups excluding tert-OH is 1. The zero-order valence-corrected chi connectivity index (χ0v) is 11.7. The molecule has 2 aliphatic rings. The molecule has 1 heterocycles. The summed E-state index contributed by atoms with van der Waals surface area (Å²) in [5.41, 5.74) is 1.06. The molecule has 1 aliphatic heterocycles. The number of likely N-dealkylation sites (tertiary alicyclic amines) is 1. The second kappa shape index (κ2) is 6.06. The normalized spacial score (nSPS) is 29.7. The van der Waals surface area contributed by atoms with E-state index in [9.17, 15) is 5.11 Å². The van der Waals surface area contributed by atoms with Gasteiger partial charge in [-0.25, -0.2) is 0 Å². The Morgan fingerprint density at radius 3 is 2.63 bits per heavy atom. The molecule has 1 saturated heterocycles. The van der Waals surface area contributed by atoms with Crippen molar-refractivity contribution in [1.29, 1.82) is 0 Å². The van der Waals surface area contributed by atoms with Gasteiger partial charge in [-0.15, -0.1) is 0 Å². The third-order valence-electron chi connectivity index (χ3n) is 4.95. The molecule has 0 radical (unpaired) electrons. The highest BCUT2D eigenvalue weighted by molar-refractivity contribution is 5.17. The maximum Gasteiger partial charge on any atom is 0.0917 e. The van der Waals surface area contributed by atoms with E-state index in [-0.39, 0.29) is 6.10 Å². The van der Waals surface area contributed by atoms with Crippen molar-refractivity contribution in [3.63, 3.8) is 0 Å². The first-order valence-electron chi connectivity index (χ1n) is 7.81. The molecular formula is C17H25NO. The van der Waals surface area contributed by atoms with Gasteiger partial charge in [0.15, 0.2) is 0 Å². The Labute approximate surface area is 116 Å². The van der Waals surface area contributed by atoms with Gasteiger partial charge in [-0.1, -0.05) is 43.2 Å². The second-order valence-corrected chi connectivity index (χ2v) is 6.18. The lowest BCUT2D eigenvalue weighted by molar-refractivity contribution is 0.0205. The molecular weight excluding hydrogens is 234 g/mol. The van der Waals surface area contributed by atoms with Crippen LogP contribution < -0.4 is 0 Å². The fraction of sp³-hybridized carbons (Fsp3) is 0.647. The van der Waals surface area contributed by atoms with Crippen LogP contribution in [-0.4, -0.2) is 29.1 Å². The number of nitrogens with zero attached hydrogens (tertiary/aromatic N) is 1. The first-order valence-corrected chi connectivity index (χ1v) is 7.81. The maximum absolute atomic E-state index is 10.4. The standard InChI is InChI=1S/C17H25NO/c19-17(15-8-2-1-3-9-15)13-18-12-6-10-14-7-4-5-11-16(14)18/h1-3,8-9,14,16-17,19H,4-7,10-13H2/t14-,16-,17+/m0/s1. The molecule has 3 atom stereocenters. The topological polar surface area (TPSA) is 23.5 Å². The highest BCUT2D eigenvalue weighted by Gasteiger charge is 2.33. The van der Waals surface area contributed by atoms with Crippen LogP contribution in [0.25, 0.3) is 0 Å². The summed E-state index contributed by atoms with van der Waals surface area (Å²) in [5, 5.41) is 10.4. The van der Waals surface area contributed by atoms with Crippen LogP contribution in [0.15, 0.2) is 30.3 Å². The summed E-state index contributed by atoms with van der Waals surface area (Å²) in [5.74, 6) is 0.894. The van der Waals surface area contributed by atoms with E-state index in [0.29, 0.717) is 0 Å². The summed E-state index contributed by atoms with van der Waals surface area (Å²) >= 11 is 0. The predicted octanol–water partition coefficient (Wildman–Crippen LogP) is 3.37. The van der Waals surface area contributed by atoms with Gasteiger partial charge in [0.1, 0.15) is 0 Å². The van der Waals surface area contributed by atoms with Crippen LogP contribution in [0.2, 0.25) is 0 Å². The first-order chi connectivity index (χ1) is 9.34. The van der Waals surface area contributed by atoms with Gasteiger partial charge in [0.25, 0.3) is 0 Å². The molecule has 104 valence electrons. The Bertz CT molecular complexity index is 390. The van der Waals surface area contributed by atoms with E-state index in [1.165, 1.54) is 45.1 Å². The van der Waals surface area contributed by atoms with E-state index in [2.05, 4.69) is 4.90 Å². The van der Waals surface area contributed by atoms with Crippen molar-refractivity contribution in [2.45, 2.75) is 50.7 Å². The third-order valence-corrected chi connectivity index (χ3v) is 4.95. The Hall–Kier alpha value is -0.860. The molecule has 0 amide bonds. The van der Waals surface area contributed by atoms with Crippen molar-refractivity contribution in [2.24, 2.45) is 5.92 Å². The lowest BCUT2D eigenvalue weighted by atomic mass is 9.78. The monoisotopic (exact) mass is 259 g/mol. The fourth-order valence-electron chi connectivity index (χ4n) is 3.96. The summed E-state index contributed by atoms with van der Waals surface area (Å²) in [4.78, 5) is 2.56. The van der Waals surface area contributed by atoms with Gasteiger partial charge in [-0.2, -0.15) is 0 Å². The molecule has 0 unspecified atom stereocenters. The molecule has 1 N–H and O–H groups in total. The lowest BCUT2D eigenvalue weighted by Crippen LogP contribution is -2.48. The summed E-state index contributed by atoms with van der Waals surface area (Å²) < 4.78 is 0. The predicted molar refractivity (Wildman–Crippen MR) is 78.0 cm³/mol. The summed E-state index contributed by atoms with van der Waals surface area (Å²) in [6.07, 6.45) is 7.91. The van der Waals surface area contributed by atoms with Gasteiger partial charge in [-0.3, -0.25) is 4.90 Å². The molecule has 2 fully saturated rings. The fourth-order valence-corrected chi connectivity index (χ4v) is 3.96. The van der Waals surface area contributed by atoms with E-state index in [0.717, 1.165) is 24.1 Å². The number of aliphatic hydroxyl groups is 1.